The molecule has 5 nitrogen and oxygen atoms in total. The van der Waals surface area contributed by atoms with Gasteiger partial charge in [-0.25, -0.2) is 0 Å². The molecule has 2 unspecified atom stereocenters. The Bertz CT molecular complexity index is 364. The summed E-state index contributed by atoms with van der Waals surface area (Å²) in [4.78, 5) is 27.4. The van der Waals surface area contributed by atoms with E-state index in [4.69, 9.17) is 0 Å². The zero-order valence-corrected chi connectivity index (χ0v) is 12.0. The lowest BCUT2D eigenvalue weighted by atomic mass is 9.89. The predicted molar refractivity (Wildman–Crippen MR) is 74.1 cm³/mol. The largest absolute Gasteiger partial charge is 0.341 e. The Kier molecular flexibility index (Phi) is 4.68. The first-order valence-electron chi connectivity index (χ1n) is 7.00. The van der Waals surface area contributed by atoms with Crippen LogP contribution in [0.25, 0.3) is 0 Å². The normalized spacial score (nSPS) is 30.2. The highest BCUT2D eigenvalue weighted by Gasteiger charge is 2.35. The molecule has 1 N–H and O–H groups in total. The molecule has 3 fully saturated rings. The van der Waals surface area contributed by atoms with Crippen LogP contribution in [0.1, 0.15) is 19.3 Å². The molecule has 0 saturated carbocycles. The van der Waals surface area contributed by atoms with Gasteiger partial charge in [0.15, 0.2) is 0 Å². The molecule has 6 heteroatoms. The van der Waals surface area contributed by atoms with Gasteiger partial charge in [-0.2, -0.15) is 0 Å². The van der Waals surface area contributed by atoms with Gasteiger partial charge in [0.1, 0.15) is 0 Å². The molecular formula is C13H22ClN3O2. The topological polar surface area (TPSA) is 52.7 Å². The van der Waals surface area contributed by atoms with Gasteiger partial charge in [0.2, 0.25) is 11.8 Å². The van der Waals surface area contributed by atoms with Crippen molar-refractivity contribution in [3.8, 4) is 0 Å². The van der Waals surface area contributed by atoms with E-state index in [9.17, 15) is 9.59 Å². The number of carbonyl (C=O) groups excluding carboxylic acids is 2. The maximum atomic E-state index is 12.2. The van der Waals surface area contributed by atoms with Gasteiger partial charge < -0.3 is 15.1 Å². The standard InChI is InChI=1S/C13H21N3O2.ClH/c17-12-2-1-4-15(12)9-13(18)16-5-3-10-6-14-7-11(10)8-16;/h10-11,14H,1-9H2;1H. The van der Waals surface area contributed by atoms with E-state index >= 15 is 0 Å². The molecule has 3 aliphatic rings. The lowest BCUT2D eigenvalue weighted by Gasteiger charge is -2.35. The van der Waals surface area contributed by atoms with Crippen molar-refractivity contribution >= 4 is 24.2 Å². The number of hydrogen-bond acceptors (Lipinski definition) is 3. The second-order valence-corrected chi connectivity index (χ2v) is 5.73. The molecular weight excluding hydrogens is 266 g/mol. The maximum Gasteiger partial charge on any atom is 0.242 e. The SMILES string of the molecule is Cl.O=C1CCCN1CC(=O)N1CCC2CNCC2C1. The van der Waals surface area contributed by atoms with Gasteiger partial charge in [0.25, 0.3) is 0 Å². The second-order valence-electron chi connectivity index (χ2n) is 5.73. The smallest absolute Gasteiger partial charge is 0.242 e. The number of carbonyl (C=O) groups is 2. The summed E-state index contributed by atoms with van der Waals surface area (Å²) in [6, 6.07) is 0. The summed E-state index contributed by atoms with van der Waals surface area (Å²) in [6.07, 6.45) is 2.62. The molecule has 2 amide bonds. The van der Waals surface area contributed by atoms with E-state index < -0.39 is 0 Å². The number of likely N-dealkylation sites (tertiary alicyclic amines) is 2. The Morgan fingerprint density at radius 1 is 1.26 bits per heavy atom. The van der Waals surface area contributed by atoms with Crippen LogP contribution in [-0.2, 0) is 9.59 Å². The van der Waals surface area contributed by atoms with Crippen LogP contribution in [0, 0.1) is 11.8 Å². The van der Waals surface area contributed by atoms with Crippen LogP contribution in [0.4, 0.5) is 0 Å². The molecule has 3 aliphatic heterocycles. The molecule has 0 aromatic heterocycles. The number of amides is 2. The van der Waals surface area contributed by atoms with Gasteiger partial charge in [-0.1, -0.05) is 0 Å². The third kappa shape index (κ3) is 3.03. The first-order valence-corrected chi connectivity index (χ1v) is 7.00. The van der Waals surface area contributed by atoms with Crippen LogP contribution in [0.5, 0.6) is 0 Å². The summed E-state index contributed by atoms with van der Waals surface area (Å²) in [5.41, 5.74) is 0. The molecule has 108 valence electrons. The minimum atomic E-state index is 0. The van der Waals surface area contributed by atoms with E-state index in [-0.39, 0.29) is 24.2 Å². The lowest BCUT2D eigenvalue weighted by molar-refractivity contribution is -0.139. The van der Waals surface area contributed by atoms with Gasteiger partial charge in [-0.15, -0.1) is 12.4 Å². The highest BCUT2D eigenvalue weighted by atomic mass is 35.5. The maximum absolute atomic E-state index is 12.2. The van der Waals surface area contributed by atoms with E-state index in [0.29, 0.717) is 18.9 Å². The number of nitrogens with zero attached hydrogens (tertiary/aromatic N) is 2. The first kappa shape index (κ1) is 14.6. The van der Waals surface area contributed by atoms with Crippen LogP contribution in [0.15, 0.2) is 0 Å². The quantitative estimate of drug-likeness (QED) is 0.784. The average molecular weight is 288 g/mol. The van der Waals surface area contributed by atoms with Crippen molar-refractivity contribution in [2.75, 3.05) is 39.3 Å². The third-order valence-electron chi connectivity index (χ3n) is 4.55. The highest BCUT2D eigenvalue weighted by molar-refractivity contribution is 5.86. The van der Waals surface area contributed by atoms with Crippen molar-refractivity contribution in [3.05, 3.63) is 0 Å². The highest BCUT2D eigenvalue weighted by Crippen LogP contribution is 2.26. The molecule has 0 aliphatic carbocycles. The minimum absolute atomic E-state index is 0. The fraction of sp³-hybridized carbons (Fsp3) is 0.846. The summed E-state index contributed by atoms with van der Waals surface area (Å²) in [7, 11) is 0. The number of rotatable bonds is 2. The summed E-state index contributed by atoms with van der Waals surface area (Å²) in [6.45, 7) is 4.94. The zero-order valence-electron chi connectivity index (χ0n) is 11.1. The van der Waals surface area contributed by atoms with Crippen molar-refractivity contribution in [3.63, 3.8) is 0 Å². The lowest BCUT2D eigenvalue weighted by Crippen LogP contribution is -2.47. The van der Waals surface area contributed by atoms with Gasteiger partial charge in [-0.3, -0.25) is 9.59 Å². The summed E-state index contributed by atoms with van der Waals surface area (Å²) in [5, 5.41) is 3.40. The van der Waals surface area contributed by atoms with E-state index in [0.717, 1.165) is 51.5 Å². The summed E-state index contributed by atoms with van der Waals surface area (Å²) in [5.74, 6) is 1.65. The molecule has 2 atom stereocenters. The van der Waals surface area contributed by atoms with Crippen LogP contribution in [0.2, 0.25) is 0 Å². The van der Waals surface area contributed by atoms with Gasteiger partial charge in [0, 0.05) is 26.1 Å². The Hall–Kier alpha value is -0.810. The molecule has 0 radical (unpaired) electrons. The Morgan fingerprint density at radius 3 is 2.79 bits per heavy atom. The van der Waals surface area contributed by atoms with Crippen molar-refractivity contribution in [1.82, 2.24) is 15.1 Å². The monoisotopic (exact) mass is 287 g/mol. The Labute approximate surface area is 120 Å². The van der Waals surface area contributed by atoms with Crippen LogP contribution < -0.4 is 5.32 Å². The molecule has 3 saturated heterocycles. The number of hydrogen-bond donors (Lipinski definition) is 1. The minimum Gasteiger partial charge on any atom is -0.341 e. The van der Waals surface area contributed by atoms with Crippen LogP contribution in [0.3, 0.4) is 0 Å². The summed E-state index contributed by atoms with van der Waals surface area (Å²) < 4.78 is 0. The van der Waals surface area contributed by atoms with Crippen molar-refractivity contribution in [2.24, 2.45) is 11.8 Å². The van der Waals surface area contributed by atoms with E-state index in [1.165, 1.54) is 0 Å². The Morgan fingerprint density at radius 2 is 2.05 bits per heavy atom. The molecule has 0 aromatic rings. The zero-order chi connectivity index (χ0) is 12.5. The molecule has 3 rings (SSSR count). The fourth-order valence-electron chi connectivity index (χ4n) is 3.40. The fourth-order valence-corrected chi connectivity index (χ4v) is 3.40. The predicted octanol–water partition coefficient (Wildman–Crippen LogP) is 0.0985. The molecule has 19 heavy (non-hydrogen) atoms. The summed E-state index contributed by atoms with van der Waals surface area (Å²) >= 11 is 0. The number of nitrogens with one attached hydrogen (secondary N) is 1. The van der Waals surface area contributed by atoms with Crippen LogP contribution in [-0.4, -0.2) is 60.9 Å². The van der Waals surface area contributed by atoms with Crippen molar-refractivity contribution in [2.45, 2.75) is 19.3 Å². The van der Waals surface area contributed by atoms with E-state index in [1.807, 2.05) is 4.90 Å². The van der Waals surface area contributed by atoms with Gasteiger partial charge in [0.05, 0.1) is 6.54 Å². The Balaban J connectivity index is 0.00000133. The van der Waals surface area contributed by atoms with Gasteiger partial charge in [-0.05, 0) is 37.8 Å². The van der Waals surface area contributed by atoms with Crippen LogP contribution >= 0.6 is 12.4 Å². The van der Waals surface area contributed by atoms with Crippen molar-refractivity contribution < 1.29 is 9.59 Å². The number of halogens is 1. The number of fused-ring (bicyclic) bond motifs is 1. The molecule has 0 aromatic carbocycles. The number of piperidine rings is 1. The van der Waals surface area contributed by atoms with E-state index in [2.05, 4.69) is 5.32 Å². The van der Waals surface area contributed by atoms with Gasteiger partial charge >= 0.3 is 0 Å². The van der Waals surface area contributed by atoms with Crippen molar-refractivity contribution in [1.29, 1.82) is 0 Å². The molecule has 0 bridgehead atoms. The third-order valence-corrected chi connectivity index (χ3v) is 4.55. The first-order chi connectivity index (χ1) is 8.74. The average Bonchev–Trinajstić information content (AvgIpc) is 2.98. The molecule has 0 spiro atoms. The second kappa shape index (κ2) is 6.09. The molecule has 3 heterocycles. The van der Waals surface area contributed by atoms with E-state index in [1.54, 1.807) is 4.90 Å².